The van der Waals surface area contributed by atoms with Crippen molar-refractivity contribution < 1.29 is 9.53 Å². The lowest BCUT2D eigenvalue weighted by molar-refractivity contribution is 0.0497. The molecule has 0 atom stereocenters. The Kier molecular flexibility index (Phi) is 5.24. The summed E-state index contributed by atoms with van der Waals surface area (Å²) >= 11 is 10.6. The van der Waals surface area contributed by atoms with E-state index >= 15 is 0 Å². The molecule has 1 amide bonds. The summed E-state index contributed by atoms with van der Waals surface area (Å²) in [5.74, 6) is 0. The minimum absolute atomic E-state index is 0.495. The van der Waals surface area contributed by atoms with Gasteiger partial charge in [0.25, 0.3) is 0 Å². The predicted octanol–water partition coefficient (Wildman–Crippen LogP) is 3.69. The Bertz CT molecular complexity index is 384. The fourth-order valence-electron chi connectivity index (χ4n) is 0.986. The number of thiophene rings is 1. The zero-order valence-electron chi connectivity index (χ0n) is 9.77. The van der Waals surface area contributed by atoms with Gasteiger partial charge in [-0.15, -0.1) is 11.3 Å². The molecule has 1 rings (SSSR count). The Labute approximate surface area is 118 Å². The van der Waals surface area contributed by atoms with Crippen LogP contribution in [0.3, 0.4) is 0 Å². The molecule has 0 radical (unpaired) electrons. The lowest BCUT2D eigenvalue weighted by Crippen LogP contribution is -2.40. The van der Waals surface area contributed by atoms with Crippen LogP contribution in [0.2, 0.25) is 4.34 Å². The number of carbonyl (C=O) groups excluding carboxylic acids is 1. The molecule has 1 heterocycles. The summed E-state index contributed by atoms with van der Waals surface area (Å²) in [7, 11) is 0. The van der Waals surface area contributed by atoms with Gasteiger partial charge in [-0.05, 0) is 42.8 Å². The van der Waals surface area contributed by atoms with Crippen LogP contribution in [0.4, 0.5) is 4.79 Å². The highest BCUT2D eigenvalue weighted by Gasteiger charge is 2.15. The maximum atomic E-state index is 11.3. The number of halogens is 2. The van der Waals surface area contributed by atoms with E-state index in [0.717, 1.165) is 9.35 Å². The van der Waals surface area contributed by atoms with Gasteiger partial charge in [0.1, 0.15) is 9.94 Å². The number of amides is 1. The van der Waals surface area contributed by atoms with E-state index < -0.39 is 11.7 Å². The van der Waals surface area contributed by atoms with E-state index in [-0.39, 0.29) is 0 Å². The standard InChI is InChI=1S/C10H14BrClN2O2S/c1-10(2,3)16-9(15)14-13-5-6-4-7(11)8(12)17-6/h4,13H,5H2,1-3H3,(H,14,15). The smallest absolute Gasteiger partial charge is 0.422 e. The quantitative estimate of drug-likeness (QED) is 0.824. The molecule has 0 aliphatic carbocycles. The van der Waals surface area contributed by atoms with Crippen molar-refractivity contribution in [1.82, 2.24) is 10.9 Å². The van der Waals surface area contributed by atoms with Gasteiger partial charge < -0.3 is 4.74 Å². The Balaban J connectivity index is 2.31. The molecule has 0 spiro atoms. The number of rotatable bonds is 3. The first kappa shape index (κ1) is 14.8. The van der Waals surface area contributed by atoms with Crippen molar-refractivity contribution >= 4 is 45.0 Å². The van der Waals surface area contributed by atoms with Crippen LogP contribution in [-0.4, -0.2) is 11.7 Å². The largest absolute Gasteiger partial charge is 0.443 e. The maximum absolute atomic E-state index is 11.3. The lowest BCUT2D eigenvalue weighted by atomic mass is 10.2. The molecule has 4 nitrogen and oxygen atoms in total. The number of hydrogen-bond donors (Lipinski definition) is 2. The molecule has 0 saturated carbocycles. The van der Waals surface area contributed by atoms with E-state index in [2.05, 4.69) is 26.8 Å². The average molecular weight is 342 g/mol. The van der Waals surface area contributed by atoms with Crippen molar-refractivity contribution in [2.24, 2.45) is 0 Å². The second kappa shape index (κ2) is 6.04. The second-order valence-electron chi connectivity index (χ2n) is 4.31. The fourth-order valence-corrected chi connectivity index (χ4v) is 2.72. The summed E-state index contributed by atoms with van der Waals surface area (Å²) in [6, 6.07) is 1.90. The van der Waals surface area contributed by atoms with Crippen molar-refractivity contribution in [2.75, 3.05) is 0 Å². The van der Waals surface area contributed by atoms with E-state index in [0.29, 0.717) is 10.9 Å². The Morgan fingerprint density at radius 2 is 2.24 bits per heavy atom. The van der Waals surface area contributed by atoms with Crippen molar-refractivity contribution in [3.8, 4) is 0 Å². The van der Waals surface area contributed by atoms with Gasteiger partial charge in [-0.1, -0.05) is 11.6 Å². The normalized spacial score (nSPS) is 11.4. The molecule has 1 aromatic heterocycles. The topological polar surface area (TPSA) is 50.4 Å². The van der Waals surface area contributed by atoms with Crippen LogP contribution in [0.15, 0.2) is 10.5 Å². The summed E-state index contributed by atoms with van der Waals surface area (Å²) < 4.78 is 6.61. The molecule has 0 aliphatic heterocycles. The lowest BCUT2D eigenvalue weighted by Gasteiger charge is -2.19. The highest BCUT2D eigenvalue weighted by Crippen LogP contribution is 2.31. The molecule has 0 saturated heterocycles. The van der Waals surface area contributed by atoms with Crippen LogP contribution in [0.5, 0.6) is 0 Å². The van der Waals surface area contributed by atoms with E-state index in [1.165, 1.54) is 11.3 Å². The van der Waals surface area contributed by atoms with Crippen molar-refractivity contribution in [3.05, 3.63) is 19.8 Å². The van der Waals surface area contributed by atoms with Gasteiger partial charge in [0.2, 0.25) is 0 Å². The predicted molar refractivity (Wildman–Crippen MR) is 73.2 cm³/mol. The van der Waals surface area contributed by atoms with Crippen molar-refractivity contribution in [3.63, 3.8) is 0 Å². The molecule has 0 unspecified atom stereocenters. The molecule has 0 fully saturated rings. The summed E-state index contributed by atoms with van der Waals surface area (Å²) in [6.45, 7) is 5.92. The molecule has 2 N–H and O–H groups in total. The third-order valence-corrected chi connectivity index (χ3v) is 4.02. The molecule has 1 aromatic rings. The minimum Gasteiger partial charge on any atom is -0.443 e. The van der Waals surface area contributed by atoms with Crippen molar-refractivity contribution in [1.29, 1.82) is 0 Å². The Hall–Kier alpha value is -0.300. The van der Waals surface area contributed by atoms with Crippen LogP contribution >= 0.6 is 38.9 Å². The van der Waals surface area contributed by atoms with Gasteiger partial charge in [0.15, 0.2) is 0 Å². The van der Waals surface area contributed by atoms with Crippen LogP contribution < -0.4 is 10.9 Å². The van der Waals surface area contributed by atoms with Gasteiger partial charge >= 0.3 is 6.09 Å². The summed E-state index contributed by atoms with van der Waals surface area (Å²) in [5.41, 5.74) is 4.73. The monoisotopic (exact) mass is 340 g/mol. The van der Waals surface area contributed by atoms with E-state index in [1.54, 1.807) is 0 Å². The molecule has 7 heteroatoms. The number of nitrogens with one attached hydrogen (secondary N) is 2. The van der Waals surface area contributed by atoms with E-state index in [4.69, 9.17) is 16.3 Å². The fraction of sp³-hybridized carbons (Fsp3) is 0.500. The highest BCUT2D eigenvalue weighted by molar-refractivity contribution is 9.10. The number of hydrazine groups is 1. The zero-order chi connectivity index (χ0) is 13.1. The first-order valence-corrected chi connectivity index (χ1v) is 6.92. The zero-order valence-corrected chi connectivity index (χ0v) is 12.9. The first-order chi connectivity index (χ1) is 7.78. The Morgan fingerprint density at radius 3 is 2.71 bits per heavy atom. The maximum Gasteiger partial charge on any atom is 0.422 e. The van der Waals surface area contributed by atoms with Crippen LogP contribution in [0, 0.1) is 0 Å². The molecule has 0 aliphatic rings. The SMILES string of the molecule is CC(C)(C)OC(=O)NNCc1cc(Br)c(Cl)s1. The van der Waals surface area contributed by atoms with Gasteiger partial charge in [0.05, 0.1) is 0 Å². The van der Waals surface area contributed by atoms with E-state index in [1.807, 2.05) is 26.8 Å². The molecule has 0 bridgehead atoms. The molecule has 96 valence electrons. The highest BCUT2D eigenvalue weighted by atomic mass is 79.9. The number of hydrogen-bond acceptors (Lipinski definition) is 4. The van der Waals surface area contributed by atoms with Crippen LogP contribution in [-0.2, 0) is 11.3 Å². The molecule has 17 heavy (non-hydrogen) atoms. The third kappa shape index (κ3) is 5.72. The summed E-state index contributed by atoms with van der Waals surface area (Å²) in [6.07, 6.45) is -0.501. The van der Waals surface area contributed by atoms with Gasteiger partial charge in [0, 0.05) is 15.9 Å². The van der Waals surface area contributed by atoms with Gasteiger partial charge in [-0.2, -0.15) is 0 Å². The van der Waals surface area contributed by atoms with Crippen LogP contribution in [0.1, 0.15) is 25.6 Å². The summed E-state index contributed by atoms with van der Waals surface area (Å²) in [4.78, 5) is 12.3. The van der Waals surface area contributed by atoms with Crippen LogP contribution in [0.25, 0.3) is 0 Å². The number of ether oxygens (including phenoxy) is 1. The minimum atomic E-state index is -0.501. The number of carbonyl (C=O) groups is 1. The molecular weight excluding hydrogens is 328 g/mol. The first-order valence-electron chi connectivity index (χ1n) is 4.93. The van der Waals surface area contributed by atoms with Crippen molar-refractivity contribution in [2.45, 2.75) is 32.9 Å². The van der Waals surface area contributed by atoms with E-state index in [9.17, 15) is 4.79 Å². The molecular formula is C10H14BrClN2O2S. The second-order valence-corrected chi connectivity index (χ2v) is 6.91. The molecule has 0 aromatic carbocycles. The Morgan fingerprint density at radius 1 is 1.59 bits per heavy atom. The average Bonchev–Trinajstić information content (AvgIpc) is 2.43. The van der Waals surface area contributed by atoms with Gasteiger partial charge in [-0.25, -0.2) is 10.2 Å². The summed E-state index contributed by atoms with van der Waals surface area (Å²) in [5, 5.41) is 0. The third-order valence-electron chi connectivity index (χ3n) is 1.55. The van der Waals surface area contributed by atoms with Gasteiger partial charge in [-0.3, -0.25) is 5.43 Å².